The van der Waals surface area contributed by atoms with Gasteiger partial charge in [-0.2, -0.15) is 9.97 Å². The molecule has 0 aromatic carbocycles. The summed E-state index contributed by atoms with van der Waals surface area (Å²) in [5.74, 6) is 1.66. The van der Waals surface area contributed by atoms with Crippen LogP contribution >= 0.6 is 0 Å². The molecule has 0 spiro atoms. The molecule has 10 heteroatoms. The van der Waals surface area contributed by atoms with Crippen LogP contribution in [-0.2, 0) is 0 Å². The molecule has 0 amide bonds. The number of nitrogens with two attached hydrogens (primary N) is 1. The Morgan fingerprint density at radius 1 is 1.29 bits per heavy atom. The van der Waals surface area contributed by atoms with Crippen molar-refractivity contribution >= 4 is 34.4 Å². The largest absolute Gasteiger partial charge is 0.396 e. The molecule has 2 atom stereocenters. The van der Waals surface area contributed by atoms with Crippen molar-refractivity contribution < 1.29 is 5.11 Å². The van der Waals surface area contributed by atoms with E-state index in [1.807, 2.05) is 4.57 Å². The number of fused-ring (bicyclic) bond motifs is 1. The summed E-state index contributed by atoms with van der Waals surface area (Å²) in [6, 6.07) is 3.44. The maximum atomic E-state index is 11.8. The summed E-state index contributed by atoms with van der Waals surface area (Å²) in [6.45, 7) is 4.32. The summed E-state index contributed by atoms with van der Waals surface area (Å²) in [5.41, 5.74) is 7.35. The van der Waals surface area contributed by atoms with Crippen molar-refractivity contribution in [2.75, 3.05) is 23.0 Å². The molecule has 1 fully saturated rings. The highest BCUT2D eigenvalue weighted by Gasteiger charge is 2.26. The molecule has 0 saturated heterocycles. The zero-order chi connectivity index (χ0) is 22.0. The number of aromatic nitrogens is 5. The smallest absolute Gasteiger partial charge is 0.251 e. The highest BCUT2D eigenvalue weighted by molar-refractivity contribution is 5.86. The summed E-state index contributed by atoms with van der Waals surface area (Å²) in [7, 11) is 0. The van der Waals surface area contributed by atoms with Gasteiger partial charge in [0.1, 0.15) is 5.82 Å². The number of pyridine rings is 1. The Morgan fingerprint density at radius 2 is 2.10 bits per heavy atom. The van der Waals surface area contributed by atoms with Gasteiger partial charge in [-0.05, 0) is 39.0 Å². The Labute approximate surface area is 180 Å². The number of anilines is 4. The Morgan fingerprint density at radius 3 is 2.84 bits per heavy atom. The summed E-state index contributed by atoms with van der Waals surface area (Å²) >= 11 is 0. The standard InChI is InChI=1S/C21H30N8O2/c1-12(2)29-11-23-18-19(24-14-9-16(22)26-17(31)10-14)27-21(28-20(18)29)25-15-6-4-3-5-13(15)7-8-30/h9-13,15,30H,3-8H2,1-2H3,(H5,22,24,25,26,27,28,31)/t13-,15+/m0/s1. The summed E-state index contributed by atoms with van der Waals surface area (Å²) in [6.07, 6.45) is 6.94. The van der Waals surface area contributed by atoms with Crippen molar-refractivity contribution in [1.82, 2.24) is 24.5 Å². The molecule has 1 saturated carbocycles. The lowest BCUT2D eigenvalue weighted by Gasteiger charge is -2.32. The molecule has 3 heterocycles. The van der Waals surface area contributed by atoms with Crippen molar-refractivity contribution in [2.45, 2.75) is 58.0 Å². The van der Waals surface area contributed by atoms with Gasteiger partial charge in [-0.25, -0.2) is 4.98 Å². The number of imidazole rings is 1. The van der Waals surface area contributed by atoms with Crippen LogP contribution in [0.5, 0.6) is 0 Å². The molecule has 0 bridgehead atoms. The molecule has 31 heavy (non-hydrogen) atoms. The number of rotatable bonds is 7. The highest BCUT2D eigenvalue weighted by Crippen LogP contribution is 2.31. The summed E-state index contributed by atoms with van der Waals surface area (Å²) in [4.78, 5) is 28.3. The molecule has 6 N–H and O–H groups in total. The Kier molecular flexibility index (Phi) is 6.08. The number of nitrogens with zero attached hydrogens (tertiary/aromatic N) is 4. The van der Waals surface area contributed by atoms with Crippen molar-refractivity contribution in [1.29, 1.82) is 0 Å². The molecule has 3 aromatic rings. The summed E-state index contributed by atoms with van der Waals surface area (Å²) in [5, 5.41) is 16.1. The first-order valence-electron chi connectivity index (χ1n) is 10.8. The lowest BCUT2D eigenvalue weighted by molar-refractivity contribution is 0.219. The van der Waals surface area contributed by atoms with E-state index in [-0.39, 0.29) is 30.1 Å². The first-order valence-corrected chi connectivity index (χ1v) is 10.8. The van der Waals surface area contributed by atoms with E-state index in [9.17, 15) is 9.90 Å². The minimum Gasteiger partial charge on any atom is -0.396 e. The van der Waals surface area contributed by atoms with Crippen LogP contribution in [0.3, 0.4) is 0 Å². The molecular formula is C21H30N8O2. The van der Waals surface area contributed by atoms with Gasteiger partial charge in [0.2, 0.25) is 5.95 Å². The van der Waals surface area contributed by atoms with E-state index in [0.717, 1.165) is 25.7 Å². The molecule has 166 valence electrons. The number of H-pyrrole nitrogens is 1. The number of aromatic amines is 1. The van der Waals surface area contributed by atoms with Crippen LogP contribution in [0.4, 0.5) is 23.3 Å². The molecule has 0 radical (unpaired) electrons. The normalized spacial score (nSPS) is 19.1. The number of hydrogen-bond acceptors (Lipinski definition) is 8. The van der Waals surface area contributed by atoms with Gasteiger partial charge in [0, 0.05) is 36.5 Å². The predicted octanol–water partition coefficient (Wildman–Crippen LogP) is 2.77. The zero-order valence-corrected chi connectivity index (χ0v) is 17.9. The Balaban J connectivity index is 1.73. The fourth-order valence-electron chi connectivity index (χ4n) is 4.29. The van der Waals surface area contributed by atoms with Gasteiger partial charge in [-0.15, -0.1) is 0 Å². The van der Waals surface area contributed by atoms with E-state index in [2.05, 4.69) is 34.4 Å². The van der Waals surface area contributed by atoms with Crippen LogP contribution in [0.25, 0.3) is 11.2 Å². The van der Waals surface area contributed by atoms with Crippen LogP contribution in [0, 0.1) is 5.92 Å². The van der Waals surface area contributed by atoms with Gasteiger partial charge < -0.3 is 31.0 Å². The monoisotopic (exact) mass is 426 g/mol. The first kappa shape index (κ1) is 21.1. The minimum absolute atomic E-state index is 0.174. The summed E-state index contributed by atoms with van der Waals surface area (Å²) < 4.78 is 1.99. The van der Waals surface area contributed by atoms with E-state index in [4.69, 9.17) is 15.7 Å². The van der Waals surface area contributed by atoms with Crippen molar-refractivity contribution in [3.8, 4) is 0 Å². The van der Waals surface area contributed by atoms with Crippen LogP contribution in [-0.4, -0.2) is 42.3 Å². The maximum absolute atomic E-state index is 11.8. The van der Waals surface area contributed by atoms with Gasteiger partial charge in [0.15, 0.2) is 17.0 Å². The topological polar surface area (TPSA) is 147 Å². The van der Waals surface area contributed by atoms with Gasteiger partial charge in [-0.1, -0.05) is 12.8 Å². The van der Waals surface area contributed by atoms with E-state index >= 15 is 0 Å². The van der Waals surface area contributed by atoms with Crippen LogP contribution in [0.2, 0.25) is 0 Å². The van der Waals surface area contributed by atoms with E-state index < -0.39 is 0 Å². The van der Waals surface area contributed by atoms with Gasteiger partial charge in [0.25, 0.3) is 5.56 Å². The number of nitrogen functional groups attached to an aromatic ring is 1. The van der Waals surface area contributed by atoms with E-state index in [1.54, 1.807) is 12.4 Å². The Bertz CT molecular complexity index is 1100. The molecule has 10 nitrogen and oxygen atoms in total. The number of hydrogen-bond donors (Lipinski definition) is 5. The molecule has 3 aromatic heterocycles. The number of aliphatic hydroxyl groups is 1. The second kappa shape index (κ2) is 8.93. The molecule has 4 rings (SSSR count). The average molecular weight is 427 g/mol. The van der Waals surface area contributed by atoms with Crippen molar-refractivity contribution in [3.05, 3.63) is 28.8 Å². The molecule has 0 unspecified atom stereocenters. The van der Waals surface area contributed by atoms with Crippen molar-refractivity contribution in [3.63, 3.8) is 0 Å². The minimum atomic E-state index is -0.298. The third-order valence-corrected chi connectivity index (χ3v) is 5.83. The highest BCUT2D eigenvalue weighted by atomic mass is 16.3. The molecular weight excluding hydrogens is 396 g/mol. The van der Waals surface area contributed by atoms with Gasteiger partial charge in [-0.3, -0.25) is 4.79 Å². The van der Waals surface area contributed by atoms with Gasteiger partial charge in [0.05, 0.1) is 6.33 Å². The van der Waals surface area contributed by atoms with Crippen LogP contribution in [0.1, 0.15) is 52.0 Å². The van der Waals surface area contributed by atoms with Crippen molar-refractivity contribution in [2.24, 2.45) is 5.92 Å². The third kappa shape index (κ3) is 4.63. The zero-order valence-electron chi connectivity index (χ0n) is 17.9. The fraction of sp³-hybridized carbons (Fsp3) is 0.524. The number of nitrogens with one attached hydrogen (secondary N) is 3. The van der Waals surface area contributed by atoms with E-state index in [0.29, 0.717) is 34.5 Å². The van der Waals surface area contributed by atoms with Crippen LogP contribution in [0.15, 0.2) is 23.3 Å². The SMILES string of the molecule is CC(C)n1cnc2c(Nc3cc(N)[nH]c(=O)c3)nc(N[C@@H]3CCCC[C@H]3CCO)nc21. The predicted molar refractivity (Wildman–Crippen MR) is 122 cm³/mol. The maximum Gasteiger partial charge on any atom is 0.251 e. The van der Waals surface area contributed by atoms with E-state index in [1.165, 1.54) is 12.5 Å². The van der Waals surface area contributed by atoms with Gasteiger partial charge >= 0.3 is 0 Å². The lowest BCUT2D eigenvalue weighted by atomic mass is 9.82. The molecule has 0 aliphatic heterocycles. The van der Waals surface area contributed by atoms with Crippen LogP contribution < -0.4 is 21.9 Å². The lowest BCUT2D eigenvalue weighted by Crippen LogP contribution is -2.33. The molecule has 1 aliphatic rings. The Hall–Kier alpha value is -3.14. The average Bonchev–Trinajstić information content (AvgIpc) is 3.13. The molecule has 1 aliphatic carbocycles. The second-order valence-electron chi connectivity index (χ2n) is 8.43. The fourth-order valence-corrected chi connectivity index (χ4v) is 4.29. The number of aliphatic hydroxyl groups excluding tert-OH is 1. The quantitative estimate of drug-likeness (QED) is 0.387. The third-order valence-electron chi connectivity index (χ3n) is 5.83. The first-order chi connectivity index (χ1) is 14.9. The second-order valence-corrected chi connectivity index (χ2v) is 8.43.